The number of carboxylic acid groups (broad SMARTS) is 1. The van der Waals surface area contributed by atoms with Crippen LogP contribution in [0.4, 0.5) is 0 Å². The number of carboxylic acids is 1. The minimum atomic E-state index is -0.975. The maximum atomic E-state index is 13.1. The molecule has 0 aliphatic carbocycles. The number of pyridine rings is 1. The number of fused-ring (bicyclic) bond motifs is 3. The molecule has 2 aliphatic rings. The molecule has 5 rings (SSSR count). The van der Waals surface area contributed by atoms with Crippen LogP contribution in [0.2, 0.25) is 0 Å². The lowest BCUT2D eigenvalue weighted by atomic mass is 9.81. The van der Waals surface area contributed by atoms with Gasteiger partial charge in [0.05, 0.1) is 30.5 Å². The van der Waals surface area contributed by atoms with Crippen molar-refractivity contribution < 1.29 is 19.4 Å². The number of aromatic nitrogens is 1. The van der Waals surface area contributed by atoms with Crippen LogP contribution in [0.3, 0.4) is 0 Å². The van der Waals surface area contributed by atoms with Gasteiger partial charge in [-0.05, 0) is 69.5 Å². The number of ether oxygens (including phenoxy) is 2. The Kier molecular flexibility index (Phi) is 6.71. The highest BCUT2D eigenvalue weighted by Crippen LogP contribution is 2.47. The predicted molar refractivity (Wildman–Crippen MR) is 145 cm³/mol. The number of aliphatic imine (C=N–C) groups is 1. The van der Waals surface area contributed by atoms with Crippen LogP contribution in [0, 0.1) is 0 Å². The number of methoxy groups -OCH3 is 1. The van der Waals surface area contributed by atoms with Gasteiger partial charge in [-0.3, -0.25) is 9.79 Å². The Hall–Kier alpha value is -3.58. The van der Waals surface area contributed by atoms with Gasteiger partial charge in [0.2, 0.25) is 0 Å². The van der Waals surface area contributed by atoms with Crippen LogP contribution in [0.25, 0.3) is 0 Å². The Labute approximate surface area is 222 Å². The second-order valence-electron chi connectivity index (χ2n) is 10.8. The van der Waals surface area contributed by atoms with Crippen LogP contribution in [-0.2, 0) is 19.4 Å². The quantitative estimate of drug-likeness (QED) is 0.514. The fraction of sp³-hybridized carbons (Fsp3) is 0.345. The molecular weight excluding hydrogens is 492 g/mol. The highest BCUT2D eigenvalue weighted by molar-refractivity contribution is 6.16. The van der Waals surface area contributed by atoms with E-state index in [1.807, 2.05) is 12.1 Å². The van der Waals surface area contributed by atoms with E-state index in [-0.39, 0.29) is 34.7 Å². The van der Waals surface area contributed by atoms with Crippen LogP contribution < -0.4 is 15.0 Å². The summed E-state index contributed by atoms with van der Waals surface area (Å²) in [5, 5.41) is 9.11. The van der Waals surface area contributed by atoms with Gasteiger partial charge in [-0.25, -0.2) is 4.79 Å². The molecule has 0 unspecified atom stereocenters. The topological polar surface area (TPSA) is 90.1 Å². The highest BCUT2D eigenvalue weighted by Gasteiger charge is 2.39. The van der Waals surface area contributed by atoms with Crippen molar-refractivity contribution in [1.82, 2.24) is 4.57 Å². The second kappa shape index (κ2) is 9.38. The molecule has 3 aromatic rings. The minimum Gasteiger partial charge on any atom is -0.493 e. The average Bonchev–Trinajstić information content (AvgIpc) is 3.13. The third-order valence-electron chi connectivity index (χ3n) is 6.72. The van der Waals surface area contributed by atoms with Crippen molar-refractivity contribution in [2.24, 2.45) is 4.99 Å². The largest absolute Gasteiger partial charge is 0.493 e. The molecule has 2 aliphatic heterocycles. The SMILES string of the molecule is COc1cc2c(c3c1OC(C)(C)C3)C(c1ccn(Cc3ccc(C(=O)O)cc3)c(=O)c1)=NC(C)(C)C2.Cl. The highest BCUT2D eigenvalue weighted by atomic mass is 35.5. The molecule has 3 heterocycles. The lowest BCUT2D eigenvalue weighted by Crippen LogP contribution is -2.31. The summed E-state index contributed by atoms with van der Waals surface area (Å²) >= 11 is 0. The van der Waals surface area contributed by atoms with E-state index in [1.165, 1.54) is 0 Å². The molecule has 0 amide bonds. The van der Waals surface area contributed by atoms with E-state index in [9.17, 15) is 9.59 Å². The van der Waals surface area contributed by atoms with Crippen molar-refractivity contribution in [3.8, 4) is 11.5 Å². The third kappa shape index (κ3) is 5.01. The summed E-state index contributed by atoms with van der Waals surface area (Å²) in [7, 11) is 1.66. The van der Waals surface area contributed by atoms with Gasteiger partial charge in [0.1, 0.15) is 5.60 Å². The van der Waals surface area contributed by atoms with Gasteiger partial charge in [-0.2, -0.15) is 0 Å². The molecule has 0 saturated heterocycles. The number of halogens is 1. The van der Waals surface area contributed by atoms with Crippen molar-refractivity contribution in [2.75, 3.05) is 7.11 Å². The van der Waals surface area contributed by atoms with Gasteiger partial charge >= 0.3 is 5.97 Å². The molecule has 37 heavy (non-hydrogen) atoms. The van der Waals surface area contributed by atoms with Crippen LogP contribution >= 0.6 is 12.4 Å². The first-order chi connectivity index (χ1) is 17.0. The second-order valence-corrected chi connectivity index (χ2v) is 10.8. The van der Waals surface area contributed by atoms with E-state index in [0.29, 0.717) is 6.54 Å². The molecule has 194 valence electrons. The number of rotatable bonds is 5. The van der Waals surface area contributed by atoms with E-state index in [0.717, 1.165) is 57.9 Å². The molecule has 0 fully saturated rings. The maximum absolute atomic E-state index is 13.1. The fourth-order valence-electron chi connectivity index (χ4n) is 5.16. The van der Waals surface area contributed by atoms with Gasteiger partial charge in [0, 0.05) is 35.4 Å². The smallest absolute Gasteiger partial charge is 0.335 e. The van der Waals surface area contributed by atoms with E-state index in [1.54, 1.807) is 48.2 Å². The van der Waals surface area contributed by atoms with Crippen molar-refractivity contribution >= 4 is 24.1 Å². The summed E-state index contributed by atoms with van der Waals surface area (Å²) in [6.45, 7) is 8.66. The summed E-state index contributed by atoms with van der Waals surface area (Å²) in [5.74, 6) is 0.514. The van der Waals surface area contributed by atoms with Crippen molar-refractivity contribution in [3.63, 3.8) is 0 Å². The van der Waals surface area contributed by atoms with Gasteiger partial charge in [-0.15, -0.1) is 12.4 Å². The molecule has 8 heteroatoms. The zero-order chi connectivity index (χ0) is 25.8. The van der Waals surface area contributed by atoms with Gasteiger partial charge in [0.25, 0.3) is 5.56 Å². The van der Waals surface area contributed by atoms with E-state index < -0.39 is 5.97 Å². The molecule has 0 saturated carbocycles. The molecule has 0 atom stereocenters. The Morgan fingerprint density at radius 3 is 2.43 bits per heavy atom. The monoisotopic (exact) mass is 522 g/mol. The number of hydrogen-bond donors (Lipinski definition) is 1. The van der Waals surface area contributed by atoms with Crippen molar-refractivity contribution in [3.05, 3.63) is 92.4 Å². The van der Waals surface area contributed by atoms with E-state index in [2.05, 4.69) is 27.7 Å². The molecular formula is C29H31ClN2O5. The Morgan fingerprint density at radius 1 is 1.11 bits per heavy atom. The van der Waals surface area contributed by atoms with Crippen LogP contribution in [0.5, 0.6) is 11.5 Å². The molecule has 1 N–H and O–H groups in total. The van der Waals surface area contributed by atoms with Crippen LogP contribution in [0.15, 0.2) is 58.4 Å². The lowest BCUT2D eigenvalue weighted by molar-refractivity contribution is 0.0697. The first-order valence-electron chi connectivity index (χ1n) is 12.0. The molecule has 0 radical (unpaired) electrons. The van der Waals surface area contributed by atoms with Gasteiger partial charge < -0.3 is 19.1 Å². The Balaban J connectivity index is 0.00000320. The fourth-order valence-corrected chi connectivity index (χ4v) is 5.16. The molecule has 0 bridgehead atoms. The van der Waals surface area contributed by atoms with E-state index >= 15 is 0 Å². The molecule has 1 aromatic heterocycles. The summed E-state index contributed by atoms with van der Waals surface area (Å²) < 4.78 is 13.6. The zero-order valence-corrected chi connectivity index (χ0v) is 22.4. The number of hydrogen-bond acceptors (Lipinski definition) is 5. The van der Waals surface area contributed by atoms with Crippen LogP contribution in [0.1, 0.15) is 65.9 Å². The molecule has 2 aromatic carbocycles. The normalized spacial score (nSPS) is 16.5. The number of nitrogens with zero attached hydrogens (tertiary/aromatic N) is 2. The summed E-state index contributed by atoms with van der Waals surface area (Å²) in [4.78, 5) is 29.4. The van der Waals surface area contributed by atoms with Crippen molar-refractivity contribution in [1.29, 1.82) is 0 Å². The average molecular weight is 523 g/mol. The Morgan fingerprint density at radius 2 is 1.81 bits per heavy atom. The number of benzene rings is 2. The molecule has 0 spiro atoms. The van der Waals surface area contributed by atoms with E-state index in [4.69, 9.17) is 19.6 Å². The van der Waals surface area contributed by atoms with Crippen LogP contribution in [-0.4, -0.2) is 39.6 Å². The first-order valence-corrected chi connectivity index (χ1v) is 12.0. The zero-order valence-electron chi connectivity index (χ0n) is 21.6. The minimum absolute atomic E-state index is 0. The first kappa shape index (κ1) is 26.5. The predicted octanol–water partition coefficient (Wildman–Crippen LogP) is 4.91. The van der Waals surface area contributed by atoms with Crippen molar-refractivity contribution in [2.45, 2.75) is 58.2 Å². The Bertz CT molecular complexity index is 1470. The lowest BCUT2D eigenvalue weighted by Gasteiger charge is -2.31. The standard InChI is InChI=1S/C29H30N2O5.ClH/c1-28(2)14-20-12-22(35-5)26-21(15-29(3,4)36-26)24(20)25(30-28)19-10-11-31(23(32)13-19)16-17-6-8-18(9-7-17)27(33)34;/h6-13H,14-16H2,1-5H3,(H,33,34);1H. The summed E-state index contributed by atoms with van der Waals surface area (Å²) in [6, 6.07) is 12.2. The summed E-state index contributed by atoms with van der Waals surface area (Å²) in [6.07, 6.45) is 3.26. The molecule has 7 nitrogen and oxygen atoms in total. The maximum Gasteiger partial charge on any atom is 0.335 e. The number of carbonyl (C=O) groups is 1. The number of aromatic carboxylic acids is 1. The van der Waals surface area contributed by atoms with Gasteiger partial charge in [-0.1, -0.05) is 12.1 Å². The van der Waals surface area contributed by atoms with Gasteiger partial charge in [0.15, 0.2) is 11.5 Å². The summed E-state index contributed by atoms with van der Waals surface area (Å²) in [5.41, 5.74) is 5.05. The third-order valence-corrected chi connectivity index (χ3v) is 6.72.